The van der Waals surface area contributed by atoms with Crippen molar-refractivity contribution >= 4 is 11.6 Å². The molecule has 0 aromatic heterocycles. The molecule has 9 heteroatoms. The van der Waals surface area contributed by atoms with E-state index in [2.05, 4.69) is 22.9 Å². The summed E-state index contributed by atoms with van der Waals surface area (Å²) in [4.78, 5) is 32.3. The van der Waals surface area contributed by atoms with Crippen LogP contribution in [-0.2, 0) is 19.1 Å². The molecule has 0 amide bonds. The highest BCUT2D eigenvalue weighted by Gasteiger charge is 2.69. The van der Waals surface area contributed by atoms with Crippen molar-refractivity contribution in [2.75, 3.05) is 27.3 Å². The molecule has 0 spiro atoms. The molecule has 6 rings (SSSR count). The fraction of sp³-hybridized carbons (Fsp3) is 0.667. The van der Waals surface area contributed by atoms with Gasteiger partial charge >= 0.3 is 0 Å². The highest BCUT2D eigenvalue weighted by Crippen LogP contribution is 2.55. The van der Waals surface area contributed by atoms with Crippen LogP contribution in [0.2, 0.25) is 0 Å². The van der Waals surface area contributed by atoms with Gasteiger partial charge in [-0.05, 0) is 20.4 Å². The van der Waals surface area contributed by atoms with Crippen LogP contribution >= 0.6 is 0 Å². The number of aliphatic hydroxyl groups excluding tert-OH is 1. The molecular weight excluding hydrogens is 388 g/mol. The van der Waals surface area contributed by atoms with E-state index in [9.17, 15) is 20.0 Å². The summed E-state index contributed by atoms with van der Waals surface area (Å²) in [6, 6.07) is 1.57. The monoisotopic (exact) mass is 412 g/mol. The Labute approximate surface area is 174 Å². The molecule has 8 unspecified atom stereocenters. The summed E-state index contributed by atoms with van der Waals surface area (Å²) in [7, 11) is 3.55. The van der Waals surface area contributed by atoms with Crippen molar-refractivity contribution in [2.24, 2.45) is 5.92 Å². The third-order valence-corrected chi connectivity index (χ3v) is 8.20. The molecule has 5 aliphatic heterocycles. The summed E-state index contributed by atoms with van der Waals surface area (Å²) in [6.07, 6.45) is -0.137. The van der Waals surface area contributed by atoms with E-state index in [1.807, 2.05) is 4.90 Å². The number of hydrogen-bond acceptors (Lipinski definition) is 9. The number of allylic oxidation sites excluding steroid dienone is 1. The van der Waals surface area contributed by atoms with E-state index in [0.717, 1.165) is 6.42 Å². The second-order valence-electron chi connectivity index (χ2n) is 9.13. The number of hydrogen-bond donors (Lipinski definition) is 1. The molecule has 0 aromatic rings. The average molecular weight is 412 g/mol. The quantitative estimate of drug-likeness (QED) is 0.453. The number of fused-ring (bicyclic) bond motifs is 5. The maximum atomic E-state index is 13.2. The number of likely N-dealkylation sites (N-methyl/N-ethyl adjacent to an activating group) is 1. The van der Waals surface area contributed by atoms with Gasteiger partial charge < -0.3 is 14.6 Å². The first-order chi connectivity index (χ1) is 14.4. The van der Waals surface area contributed by atoms with Crippen LogP contribution in [0.3, 0.4) is 0 Å². The summed E-state index contributed by atoms with van der Waals surface area (Å²) < 4.78 is 11.9. The number of rotatable bonds is 1. The molecule has 1 aliphatic carbocycles. The molecular formula is C21H24N4O5. The minimum atomic E-state index is -0.838. The molecule has 9 nitrogen and oxygen atoms in total. The standard InChI is InChI=1S/C21H24N4O5/c1-8-17(26)12-13(19(28)18(8)27)21(29-3)25-11(7-22)10-6-9-14(23(10)2)16(25)15(12)24-4-5-30-20(9)24/h9-11,14-16,20-21,26H,4-6H2,1-3H3. The summed E-state index contributed by atoms with van der Waals surface area (Å²) in [6.45, 7) is 2.75. The van der Waals surface area contributed by atoms with Gasteiger partial charge in [0.1, 0.15) is 24.3 Å². The number of methoxy groups -OCH3 is 1. The van der Waals surface area contributed by atoms with E-state index in [4.69, 9.17) is 9.47 Å². The Morgan fingerprint density at radius 3 is 2.70 bits per heavy atom. The lowest BCUT2D eigenvalue weighted by Gasteiger charge is -2.61. The molecule has 0 radical (unpaired) electrons. The van der Waals surface area contributed by atoms with Crippen molar-refractivity contribution in [3.8, 4) is 6.07 Å². The van der Waals surface area contributed by atoms with E-state index in [1.165, 1.54) is 14.0 Å². The minimum absolute atomic E-state index is 0.00822. The van der Waals surface area contributed by atoms with Crippen molar-refractivity contribution in [1.29, 1.82) is 5.26 Å². The number of aliphatic hydroxyl groups is 1. The van der Waals surface area contributed by atoms with Gasteiger partial charge in [0.15, 0.2) is 0 Å². The van der Waals surface area contributed by atoms with Crippen molar-refractivity contribution in [2.45, 2.75) is 56.0 Å². The van der Waals surface area contributed by atoms with Gasteiger partial charge in [0.25, 0.3) is 0 Å². The highest BCUT2D eigenvalue weighted by molar-refractivity contribution is 6.50. The predicted molar refractivity (Wildman–Crippen MR) is 102 cm³/mol. The summed E-state index contributed by atoms with van der Waals surface area (Å²) in [5, 5.41) is 21.2. The van der Waals surface area contributed by atoms with E-state index >= 15 is 0 Å². The summed E-state index contributed by atoms with van der Waals surface area (Å²) in [5.41, 5.74) is 0.737. The molecule has 6 aliphatic rings. The molecule has 4 saturated heterocycles. The molecule has 30 heavy (non-hydrogen) atoms. The fourth-order valence-corrected chi connectivity index (χ4v) is 7.09. The molecule has 1 N–H and O–H groups in total. The van der Waals surface area contributed by atoms with Crippen LogP contribution in [0.25, 0.3) is 0 Å². The maximum Gasteiger partial charge on any atom is 0.233 e. The normalized spacial score (nSPS) is 45.7. The molecule has 5 heterocycles. The largest absolute Gasteiger partial charge is 0.507 e. The topological polar surface area (TPSA) is 106 Å². The third-order valence-electron chi connectivity index (χ3n) is 8.20. The molecule has 4 fully saturated rings. The average Bonchev–Trinajstić information content (AvgIpc) is 3.32. The van der Waals surface area contributed by atoms with Gasteiger partial charge in [-0.2, -0.15) is 5.26 Å². The van der Waals surface area contributed by atoms with Gasteiger partial charge in [-0.1, -0.05) is 0 Å². The number of ketones is 2. The second-order valence-corrected chi connectivity index (χ2v) is 9.13. The smallest absolute Gasteiger partial charge is 0.233 e. The second kappa shape index (κ2) is 5.99. The first-order valence-electron chi connectivity index (χ1n) is 10.4. The first-order valence-corrected chi connectivity index (χ1v) is 10.4. The van der Waals surface area contributed by atoms with Crippen LogP contribution in [0.4, 0.5) is 0 Å². The number of nitrogens with zero attached hydrogens (tertiary/aromatic N) is 4. The third kappa shape index (κ3) is 1.90. The van der Waals surface area contributed by atoms with Crippen LogP contribution < -0.4 is 0 Å². The molecule has 2 bridgehead atoms. The van der Waals surface area contributed by atoms with Crippen LogP contribution in [0.15, 0.2) is 22.5 Å². The molecule has 0 aromatic carbocycles. The van der Waals surface area contributed by atoms with Crippen molar-refractivity contribution in [3.63, 3.8) is 0 Å². The minimum Gasteiger partial charge on any atom is -0.507 e. The van der Waals surface area contributed by atoms with Gasteiger partial charge in [0, 0.05) is 48.8 Å². The van der Waals surface area contributed by atoms with E-state index in [0.29, 0.717) is 18.7 Å². The van der Waals surface area contributed by atoms with Crippen LogP contribution in [0, 0.1) is 17.2 Å². The number of carbonyl (C=O) groups is 2. The van der Waals surface area contributed by atoms with Gasteiger partial charge in [0.2, 0.25) is 11.6 Å². The van der Waals surface area contributed by atoms with Crippen molar-refractivity contribution in [3.05, 3.63) is 22.5 Å². The Kier molecular flexibility index (Phi) is 3.73. The first kappa shape index (κ1) is 18.7. The van der Waals surface area contributed by atoms with Crippen molar-refractivity contribution in [1.82, 2.24) is 14.7 Å². The number of ether oxygens (including phenoxy) is 2. The number of carbonyl (C=O) groups excluding carboxylic acids is 2. The molecule has 158 valence electrons. The highest BCUT2D eigenvalue weighted by atomic mass is 16.5. The van der Waals surface area contributed by atoms with Gasteiger partial charge in [-0.15, -0.1) is 0 Å². The SMILES string of the molecule is COC1C2=C(C(O)=C(C)C(=O)C2=O)C2C3C4C(CC(C(C#N)N13)N4C)C1OCCN12. The van der Waals surface area contributed by atoms with Crippen LogP contribution in [0.1, 0.15) is 13.3 Å². The maximum absolute atomic E-state index is 13.2. The predicted octanol–water partition coefficient (Wildman–Crippen LogP) is -0.441. The molecule has 0 saturated carbocycles. The lowest BCUT2D eigenvalue weighted by atomic mass is 9.71. The Balaban J connectivity index is 1.66. The van der Waals surface area contributed by atoms with E-state index in [1.54, 1.807) is 0 Å². The Morgan fingerprint density at radius 2 is 2.00 bits per heavy atom. The van der Waals surface area contributed by atoms with Gasteiger partial charge in [0.05, 0.1) is 24.3 Å². The summed E-state index contributed by atoms with van der Waals surface area (Å²) >= 11 is 0. The van der Waals surface area contributed by atoms with E-state index < -0.39 is 23.8 Å². The lowest BCUT2D eigenvalue weighted by Crippen LogP contribution is -2.77. The zero-order valence-electron chi connectivity index (χ0n) is 17.1. The number of Topliss-reactive ketones (excluding diaryl/α,β-unsaturated/α-hetero) is 2. The Hall–Kier alpha value is -2.09. The summed E-state index contributed by atoms with van der Waals surface area (Å²) in [5.74, 6) is -1.24. The van der Waals surface area contributed by atoms with Crippen LogP contribution in [-0.4, -0.2) is 101 Å². The number of nitriles is 1. The fourth-order valence-electron chi connectivity index (χ4n) is 7.09. The van der Waals surface area contributed by atoms with Gasteiger partial charge in [-0.25, -0.2) is 0 Å². The zero-order chi connectivity index (χ0) is 21.1. The number of piperazine rings is 1. The lowest BCUT2D eigenvalue weighted by molar-refractivity contribution is -0.170. The zero-order valence-corrected chi connectivity index (χ0v) is 17.1. The van der Waals surface area contributed by atoms with Crippen molar-refractivity contribution < 1.29 is 24.2 Å². The Morgan fingerprint density at radius 1 is 1.23 bits per heavy atom. The van der Waals surface area contributed by atoms with Gasteiger partial charge in [-0.3, -0.25) is 24.3 Å². The number of piperidine rings is 1. The Bertz CT molecular complexity index is 982. The van der Waals surface area contributed by atoms with E-state index in [-0.39, 0.29) is 53.2 Å². The molecule has 8 atom stereocenters. The van der Waals surface area contributed by atoms with Crippen LogP contribution in [0.5, 0.6) is 0 Å².